The molecule has 5 heteroatoms. The Labute approximate surface area is 195 Å². The second-order valence-electron chi connectivity index (χ2n) is 8.44. The lowest BCUT2D eigenvalue weighted by Crippen LogP contribution is -2.33. The lowest BCUT2D eigenvalue weighted by molar-refractivity contribution is -0.136. The first-order valence-electron chi connectivity index (χ1n) is 11.6. The highest BCUT2D eigenvalue weighted by molar-refractivity contribution is 5.67. The number of para-hydroxylation sites is 1. The SMILES string of the molecule is Cc1cc(OCc2cccc3c2CCCN3CCOc2ccccc2)ccc1CCC(=O)O. The number of carboxylic acids is 1. The van der Waals surface area contributed by atoms with Crippen molar-refractivity contribution in [3.8, 4) is 11.5 Å². The Balaban J connectivity index is 1.38. The summed E-state index contributed by atoms with van der Waals surface area (Å²) in [6.45, 7) is 5.06. The van der Waals surface area contributed by atoms with Gasteiger partial charge in [-0.3, -0.25) is 4.79 Å². The van der Waals surface area contributed by atoms with Gasteiger partial charge >= 0.3 is 5.97 Å². The van der Waals surface area contributed by atoms with Crippen molar-refractivity contribution >= 4 is 11.7 Å². The molecule has 33 heavy (non-hydrogen) atoms. The average molecular weight is 446 g/mol. The van der Waals surface area contributed by atoms with Crippen molar-refractivity contribution in [2.45, 2.75) is 39.2 Å². The summed E-state index contributed by atoms with van der Waals surface area (Å²) < 4.78 is 12.0. The maximum absolute atomic E-state index is 10.8. The molecule has 4 rings (SSSR count). The van der Waals surface area contributed by atoms with E-state index in [9.17, 15) is 4.79 Å². The molecule has 3 aromatic rings. The number of ether oxygens (including phenoxy) is 2. The van der Waals surface area contributed by atoms with E-state index in [1.54, 1.807) is 0 Å². The van der Waals surface area contributed by atoms with E-state index in [1.807, 2.05) is 55.5 Å². The van der Waals surface area contributed by atoms with E-state index in [0.717, 1.165) is 48.6 Å². The van der Waals surface area contributed by atoms with Gasteiger partial charge in [0.2, 0.25) is 0 Å². The number of nitrogens with zero attached hydrogens (tertiary/aromatic N) is 1. The van der Waals surface area contributed by atoms with Crippen LogP contribution in [-0.4, -0.2) is 30.8 Å². The van der Waals surface area contributed by atoms with Crippen LogP contribution in [-0.2, 0) is 24.2 Å². The third kappa shape index (κ3) is 6.07. The molecule has 0 fully saturated rings. The van der Waals surface area contributed by atoms with E-state index in [4.69, 9.17) is 14.6 Å². The summed E-state index contributed by atoms with van der Waals surface area (Å²) in [6, 6.07) is 22.3. The molecule has 0 aromatic heterocycles. The molecular formula is C28H31NO4. The number of benzene rings is 3. The molecule has 1 N–H and O–H groups in total. The second kappa shape index (κ2) is 10.9. The van der Waals surface area contributed by atoms with Gasteiger partial charge in [0.05, 0.1) is 6.54 Å². The summed E-state index contributed by atoms with van der Waals surface area (Å²) in [5.41, 5.74) is 5.97. The molecule has 0 saturated heterocycles. The van der Waals surface area contributed by atoms with Crippen molar-refractivity contribution in [1.82, 2.24) is 0 Å². The quantitative estimate of drug-likeness (QED) is 0.451. The molecule has 0 atom stereocenters. The highest BCUT2D eigenvalue weighted by atomic mass is 16.5. The minimum Gasteiger partial charge on any atom is -0.492 e. The molecule has 0 aliphatic carbocycles. The van der Waals surface area contributed by atoms with Crippen molar-refractivity contribution in [3.05, 3.63) is 89.0 Å². The number of aliphatic carboxylic acids is 1. The zero-order valence-corrected chi connectivity index (χ0v) is 19.1. The minimum atomic E-state index is -0.774. The fourth-order valence-electron chi connectivity index (χ4n) is 4.37. The number of fused-ring (bicyclic) bond motifs is 1. The van der Waals surface area contributed by atoms with Crippen LogP contribution in [0.25, 0.3) is 0 Å². The van der Waals surface area contributed by atoms with Gasteiger partial charge in [-0.05, 0) is 78.8 Å². The summed E-state index contributed by atoms with van der Waals surface area (Å²) in [4.78, 5) is 13.2. The van der Waals surface area contributed by atoms with Gasteiger partial charge in [0.1, 0.15) is 24.7 Å². The first kappa shape index (κ1) is 22.7. The average Bonchev–Trinajstić information content (AvgIpc) is 2.83. The monoisotopic (exact) mass is 445 g/mol. The summed E-state index contributed by atoms with van der Waals surface area (Å²) in [5, 5.41) is 8.91. The van der Waals surface area contributed by atoms with Crippen LogP contribution in [0.2, 0.25) is 0 Å². The van der Waals surface area contributed by atoms with E-state index < -0.39 is 5.97 Å². The Morgan fingerprint density at radius 1 is 0.970 bits per heavy atom. The van der Waals surface area contributed by atoms with E-state index in [-0.39, 0.29) is 6.42 Å². The van der Waals surface area contributed by atoms with Crippen LogP contribution in [0.3, 0.4) is 0 Å². The first-order valence-corrected chi connectivity index (χ1v) is 11.6. The molecule has 0 bridgehead atoms. The van der Waals surface area contributed by atoms with Crippen LogP contribution < -0.4 is 14.4 Å². The molecule has 3 aromatic carbocycles. The van der Waals surface area contributed by atoms with E-state index in [0.29, 0.717) is 19.6 Å². The van der Waals surface area contributed by atoms with Gasteiger partial charge in [-0.15, -0.1) is 0 Å². The smallest absolute Gasteiger partial charge is 0.303 e. The van der Waals surface area contributed by atoms with Gasteiger partial charge in [-0.25, -0.2) is 0 Å². The third-order valence-corrected chi connectivity index (χ3v) is 6.13. The predicted octanol–water partition coefficient (Wildman–Crippen LogP) is 5.42. The van der Waals surface area contributed by atoms with Crippen LogP contribution in [0.1, 0.15) is 35.1 Å². The number of anilines is 1. The molecule has 1 aliphatic rings. The predicted molar refractivity (Wildman–Crippen MR) is 130 cm³/mol. The summed E-state index contributed by atoms with van der Waals surface area (Å²) in [6.07, 6.45) is 2.85. The number of carboxylic acid groups (broad SMARTS) is 1. The molecule has 0 radical (unpaired) electrons. The standard InChI is InChI=1S/C28H31NO4/c1-21-19-25(14-12-22(21)13-15-28(30)31)33-20-23-7-5-11-27-26(23)10-6-16-29(27)17-18-32-24-8-3-2-4-9-24/h2-5,7-9,11-12,14,19H,6,10,13,15-18,20H2,1H3,(H,30,31). The summed E-state index contributed by atoms with van der Waals surface area (Å²) in [5.74, 6) is 0.943. The lowest BCUT2D eigenvalue weighted by Gasteiger charge is -2.32. The fourth-order valence-corrected chi connectivity index (χ4v) is 4.37. The zero-order valence-electron chi connectivity index (χ0n) is 19.1. The molecule has 0 saturated carbocycles. The summed E-state index contributed by atoms with van der Waals surface area (Å²) in [7, 11) is 0. The van der Waals surface area contributed by atoms with Crippen LogP contribution >= 0.6 is 0 Å². The largest absolute Gasteiger partial charge is 0.492 e. The van der Waals surface area contributed by atoms with E-state index in [2.05, 4.69) is 23.1 Å². The van der Waals surface area contributed by atoms with Crippen molar-refractivity contribution in [2.75, 3.05) is 24.6 Å². The molecule has 0 amide bonds. The molecule has 0 unspecified atom stereocenters. The van der Waals surface area contributed by atoms with Gasteiger partial charge in [0.25, 0.3) is 0 Å². The van der Waals surface area contributed by atoms with Crippen LogP contribution in [0, 0.1) is 6.92 Å². The van der Waals surface area contributed by atoms with Crippen LogP contribution in [0.4, 0.5) is 5.69 Å². The maximum atomic E-state index is 10.8. The zero-order chi connectivity index (χ0) is 23.0. The number of aryl methyl sites for hydroxylation is 2. The number of carbonyl (C=O) groups is 1. The van der Waals surface area contributed by atoms with Gasteiger partial charge in [-0.2, -0.15) is 0 Å². The Hall–Kier alpha value is -3.47. The van der Waals surface area contributed by atoms with Gasteiger partial charge in [-0.1, -0.05) is 36.4 Å². The molecule has 172 valence electrons. The molecule has 0 spiro atoms. The maximum Gasteiger partial charge on any atom is 0.303 e. The first-order chi connectivity index (χ1) is 16.1. The molecule has 1 heterocycles. The fraction of sp³-hybridized carbons (Fsp3) is 0.321. The third-order valence-electron chi connectivity index (χ3n) is 6.13. The summed E-state index contributed by atoms with van der Waals surface area (Å²) >= 11 is 0. The molecule has 1 aliphatic heterocycles. The van der Waals surface area contributed by atoms with Crippen LogP contribution in [0.15, 0.2) is 66.7 Å². The highest BCUT2D eigenvalue weighted by Gasteiger charge is 2.19. The van der Waals surface area contributed by atoms with Crippen molar-refractivity contribution in [3.63, 3.8) is 0 Å². The van der Waals surface area contributed by atoms with Crippen molar-refractivity contribution in [1.29, 1.82) is 0 Å². The van der Waals surface area contributed by atoms with Crippen molar-refractivity contribution in [2.24, 2.45) is 0 Å². The Kier molecular flexibility index (Phi) is 7.51. The Bertz CT molecular complexity index is 1080. The normalized spacial score (nSPS) is 12.8. The topological polar surface area (TPSA) is 59.0 Å². The number of rotatable bonds is 10. The van der Waals surface area contributed by atoms with E-state index >= 15 is 0 Å². The second-order valence-corrected chi connectivity index (χ2v) is 8.44. The van der Waals surface area contributed by atoms with Crippen molar-refractivity contribution < 1.29 is 19.4 Å². The minimum absolute atomic E-state index is 0.143. The number of hydrogen-bond donors (Lipinski definition) is 1. The highest BCUT2D eigenvalue weighted by Crippen LogP contribution is 2.31. The Morgan fingerprint density at radius 3 is 2.61 bits per heavy atom. The Morgan fingerprint density at radius 2 is 1.82 bits per heavy atom. The van der Waals surface area contributed by atoms with Gasteiger partial charge in [0, 0.05) is 18.7 Å². The molecule has 5 nitrogen and oxygen atoms in total. The van der Waals surface area contributed by atoms with E-state index in [1.165, 1.54) is 16.8 Å². The molecular weight excluding hydrogens is 414 g/mol. The van der Waals surface area contributed by atoms with Gasteiger partial charge in [0.15, 0.2) is 0 Å². The van der Waals surface area contributed by atoms with Crippen LogP contribution in [0.5, 0.6) is 11.5 Å². The van der Waals surface area contributed by atoms with Gasteiger partial charge < -0.3 is 19.5 Å². The number of hydrogen-bond acceptors (Lipinski definition) is 4. The lowest BCUT2D eigenvalue weighted by atomic mass is 9.96.